The first-order valence-corrected chi connectivity index (χ1v) is 6.44. The van der Waals surface area contributed by atoms with Crippen molar-refractivity contribution in [1.82, 2.24) is 15.0 Å². The minimum absolute atomic E-state index is 0.0372. The number of hydrogen-bond acceptors (Lipinski definition) is 6. The largest absolute Gasteiger partial charge is 0.461 e. The lowest BCUT2D eigenvalue weighted by Crippen LogP contribution is -2.36. The fraction of sp³-hybridized carbons (Fsp3) is 0.667. The third-order valence-corrected chi connectivity index (χ3v) is 2.58. The number of esters is 1. The Morgan fingerprint density at radius 3 is 2.60 bits per heavy atom. The number of carbonyl (C=O) groups excluding carboxylic acids is 2. The van der Waals surface area contributed by atoms with Crippen LogP contribution in [0.2, 0.25) is 0 Å². The number of hydrogen-bond donors (Lipinski definition) is 0. The summed E-state index contributed by atoms with van der Waals surface area (Å²) in [6.45, 7) is 8.15. The highest BCUT2D eigenvalue weighted by Gasteiger charge is 2.35. The van der Waals surface area contributed by atoms with E-state index < -0.39 is 17.7 Å². The van der Waals surface area contributed by atoms with Gasteiger partial charge in [-0.25, -0.2) is 14.3 Å². The molecule has 2 heterocycles. The lowest BCUT2D eigenvalue weighted by atomic mass is 10.2. The van der Waals surface area contributed by atoms with E-state index in [1.165, 1.54) is 9.58 Å². The van der Waals surface area contributed by atoms with E-state index >= 15 is 0 Å². The van der Waals surface area contributed by atoms with E-state index in [9.17, 15) is 9.59 Å². The van der Waals surface area contributed by atoms with Crippen molar-refractivity contribution in [3.63, 3.8) is 0 Å². The topological polar surface area (TPSA) is 86.5 Å². The zero-order chi connectivity index (χ0) is 14.9. The van der Waals surface area contributed by atoms with Gasteiger partial charge in [0, 0.05) is 0 Å². The molecule has 8 heteroatoms. The standard InChI is InChI=1S/C12H18N4O4/c1-5-19-10(17)8-9-15(6-7-16(9)14-13-8)11(18)20-12(2,3)4/h5-7H2,1-4H3. The van der Waals surface area contributed by atoms with Crippen LogP contribution in [-0.4, -0.2) is 45.8 Å². The molecule has 1 aromatic heterocycles. The number of rotatable bonds is 2. The molecule has 0 aromatic carbocycles. The molecular weight excluding hydrogens is 264 g/mol. The minimum Gasteiger partial charge on any atom is -0.461 e. The van der Waals surface area contributed by atoms with Gasteiger partial charge >= 0.3 is 12.1 Å². The molecule has 0 atom stereocenters. The van der Waals surface area contributed by atoms with Gasteiger partial charge in [0.05, 0.1) is 19.7 Å². The van der Waals surface area contributed by atoms with Crippen LogP contribution >= 0.6 is 0 Å². The molecule has 2 rings (SSSR count). The van der Waals surface area contributed by atoms with Crippen LogP contribution in [0.5, 0.6) is 0 Å². The van der Waals surface area contributed by atoms with Crippen LogP contribution in [0.25, 0.3) is 0 Å². The minimum atomic E-state index is -0.609. The molecule has 0 saturated heterocycles. The van der Waals surface area contributed by atoms with Crippen molar-refractivity contribution in [2.45, 2.75) is 39.8 Å². The summed E-state index contributed by atoms with van der Waals surface area (Å²) in [6, 6.07) is 0. The fourth-order valence-corrected chi connectivity index (χ4v) is 1.85. The zero-order valence-corrected chi connectivity index (χ0v) is 12.0. The second-order valence-electron chi connectivity index (χ2n) is 5.34. The Morgan fingerprint density at radius 2 is 2.00 bits per heavy atom. The number of nitrogens with zero attached hydrogens (tertiary/aromatic N) is 4. The van der Waals surface area contributed by atoms with Crippen LogP contribution in [0.15, 0.2) is 0 Å². The maximum absolute atomic E-state index is 12.1. The van der Waals surface area contributed by atoms with E-state index in [0.29, 0.717) is 18.9 Å². The van der Waals surface area contributed by atoms with E-state index in [4.69, 9.17) is 9.47 Å². The highest BCUT2D eigenvalue weighted by Crippen LogP contribution is 2.26. The number of anilines is 1. The molecule has 1 aromatic rings. The molecule has 0 saturated carbocycles. The number of aromatic nitrogens is 3. The highest BCUT2D eigenvalue weighted by molar-refractivity contribution is 5.98. The average Bonchev–Trinajstić information content (AvgIpc) is 2.86. The maximum Gasteiger partial charge on any atom is 0.416 e. The van der Waals surface area contributed by atoms with Gasteiger partial charge in [0.1, 0.15) is 5.60 Å². The first-order chi connectivity index (χ1) is 9.33. The van der Waals surface area contributed by atoms with Gasteiger partial charge in [0.2, 0.25) is 5.69 Å². The molecule has 110 valence electrons. The third-order valence-electron chi connectivity index (χ3n) is 2.58. The van der Waals surface area contributed by atoms with Gasteiger partial charge in [-0.15, -0.1) is 5.10 Å². The van der Waals surface area contributed by atoms with Crippen molar-refractivity contribution < 1.29 is 19.1 Å². The lowest BCUT2D eigenvalue weighted by Gasteiger charge is -2.23. The summed E-state index contributed by atoms with van der Waals surface area (Å²) >= 11 is 0. The molecule has 20 heavy (non-hydrogen) atoms. The number of amides is 1. The molecule has 1 amide bonds. The monoisotopic (exact) mass is 282 g/mol. The fourth-order valence-electron chi connectivity index (χ4n) is 1.85. The molecule has 1 aliphatic rings. The summed E-state index contributed by atoms with van der Waals surface area (Å²) in [5, 5.41) is 7.62. The van der Waals surface area contributed by atoms with Crippen molar-refractivity contribution in [1.29, 1.82) is 0 Å². The Bertz CT molecular complexity index is 532. The predicted molar refractivity (Wildman–Crippen MR) is 69.6 cm³/mol. The Labute approximate surface area is 116 Å². The van der Waals surface area contributed by atoms with Crippen LogP contribution in [-0.2, 0) is 16.0 Å². The van der Waals surface area contributed by atoms with Gasteiger partial charge in [0.25, 0.3) is 0 Å². The Kier molecular flexibility index (Phi) is 3.65. The summed E-state index contributed by atoms with van der Waals surface area (Å²) in [5.74, 6) is -0.262. The molecule has 1 aliphatic heterocycles. The summed E-state index contributed by atoms with van der Waals surface area (Å²) < 4.78 is 11.7. The number of ether oxygens (including phenoxy) is 2. The average molecular weight is 282 g/mol. The van der Waals surface area contributed by atoms with E-state index in [0.717, 1.165) is 0 Å². The maximum atomic E-state index is 12.1. The van der Waals surface area contributed by atoms with Crippen molar-refractivity contribution in [3.05, 3.63) is 5.69 Å². The van der Waals surface area contributed by atoms with E-state index in [1.807, 2.05) is 0 Å². The molecule has 0 unspecified atom stereocenters. The predicted octanol–water partition coefficient (Wildman–Crippen LogP) is 1.21. The smallest absolute Gasteiger partial charge is 0.416 e. The van der Waals surface area contributed by atoms with Gasteiger partial charge in [-0.2, -0.15) is 0 Å². The van der Waals surface area contributed by atoms with Crippen molar-refractivity contribution >= 4 is 17.9 Å². The Balaban J connectivity index is 2.25. The zero-order valence-electron chi connectivity index (χ0n) is 12.0. The summed E-state index contributed by atoms with van der Waals surface area (Å²) in [5.41, 5.74) is -0.572. The molecule has 8 nitrogen and oxygen atoms in total. The SMILES string of the molecule is CCOC(=O)c1nnn2c1N(C(=O)OC(C)(C)C)CC2. The quantitative estimate of drug-likeness (QED) is 0.758. The van der Waals surface area contributed by atoms with Crippen LogP contribution in [0.1, 0.15) is 38.2 Å². The van der Waals surface area contributed by atoms with E-state index in [2.05, 4.69) is 10.3 Å². The Hall–Kier alpha value is -2.12. The first-order valence-electron chi connectivity index (χ1n) is 6.44. The number of fused-ring (bicyclic) bond motifs is 1. The van der Waals surface area contributed by atoms with Crippen LogP contribution in [0.3, 0.4) is 0 Å². The van der Waals surface area contributed by atoms with Crippen LogP contribution in [0.4, 0.5) is 10.6 Å². The second-order valence-corrected chi connectivity index (χ2v) is 5.34. The van der Waals surface area contributed by atoms with Gasteiger partial charge in [-0.05, 0) is 27.7 Å². The molecule has 0 fully saturated rings. The van der Waals surface area contributed by atoms with Crippen molar-refractivity contribution in [2.24, 2.45) is 0 Å². The summed E-state index contributed by atoms with van der Waals surface area (Å²) in [6.07, 6.45) is -0.524. The summed E-state index contributed by atoms with van der Waals surface area (Å²) in [4.78, 5) is 25.3. The third kappa shape index (κ3) is 2.73. The van der Waals surface area contributed by atoms with Gasteiger partial charge in [-0.1, -0.05) is 5.21 Å². The lowest BCUT2D eigenvalue weighted by molar-refractivity contribution is 0.0520. The normalized spacial score (nSPS) is 14.1. The molecule has 0 radical (unpaired) electrons. The van der Waals surface area contributed by atoms with Crippen molar-refractivity contribution in [3.8, 4) is 0 Å². The molecule has 0 bridgehead atoms. The number of carbonyl (C=O) groups is 2. The van der Waals surface area contributed by atoms with Crippen LogP contribution < -0.4 is 4.90 Å². The highest BCUT2D eigenvalue weighted by atomic mass is 16.6. The van der Waals surface area contributed by atoms with Crippen LogP contribution in [0, 0.1) is 0 Å². The summed E-state index contributed by atoms with van der Waals surface area (Å²) in [7, 11) is 0. The van der Waals surface area contributed by atoms with E-state index in [1.54, 1.807) is 27.7 Å². The second kappa shape index (κ2) is 5.10. The Morgan fingerprint density at radius 1 is 1.30 bits per heavy atom. The molecular formula is C12H18N4O4. The first kappa shape index (κ1) is 14.3. The molecule has 0 aliphatic carbocycles. The van der Waals surface area contributed by atoms with E-state index in [-0.39, 0.29) is 12.3 Å². The molecule has 0 N–H and O–H groups in total. The molecule has 0 spiro atoms. The van der Waals surface area contributed by atoms with Crippen molar-refractivity contribution in [2.75, 3.05) is 18.1 Å². The van der Waals surface area contributed by atoms with Gasteiger partial charge in [0.15, 0.2) is 5.82 Å². The van der Waals surface area contributed by atoms with Gasteiger partial charge in [-0.3, -0.25) is 4.90 Å². The van der Waals surface area contributed by atoms with Gasteiger partial charge < -0.3 is 9.47 Å².